The van der Waals surface area contributed by atoms with Gasteiger partial charge in [0.2, 0.25) is 0 Å². The van der Waals surface area contributed by atoms with Gasteiger partial charge in [-0.05, 0) is 24.7 Å². The Balaban J connectivity index is 2.35. The summed E-state index contributed by atoms with van der Waals surface area (Å²) < 4.78 is 10.2. The molecule has 0 saturated heterocycles. The Bertz CT molecular complexity index is 145. The van der Waals surface area contributed by atoms with Crippen LogP contribution in [0.3, 0.4) is 0 Å². The second-order valence-electron chi connectivity index (χ2n) is 4.04. The first-order valence-corrected chi connectivity index (χ1v) is 4.91. The van der Waals surface area contributed by atoms with Gasteiger partial charge in [0.1, 0.15) is 0 Å². The Hall–Kier alpha value is -0.120. The van der Waals surface area contributed by atoms with Crippen LogP contribution in [0.1, 0.15) is 26.2 Å². The Morgan fingerprint density at radius 2 is 1.92 bits per heavy atom. The summed E-state index contributed by atoms with van der Waals surface area (Å²) in [5.74, 6) is 0.981. The highest BCUT2D eigenvalue weighted by Gasteiger charge is 2.32. The molecule has 0 bridgehead atoms. The van der Waals surface area contributed by atoms with Crippen molar-refractivity contribution in [1.29, 1.82) is 0 Å². The van der Waals surface area contributed by atoms with Gasteiger partial charge in [0.25, 0.3) is 0 Å². The lowest BCUT2D eigenvalue weighted by Gasteiger charge is -2.20. The predicted octanol–water partition coefficient (Wildman–Crippen LogP) is 1.40. The molecule has 1 aliphatic carbocycles. The molecule has 1 N–H and O–H groups in total. The third-order valence-electron chi connectivity index (χ3n) is 2.91. The van der Waals surface area contributed by atoms with Crippen LogP contribution in [-0.2, 0) is 9.47 Å². The molecule has 0 aliphatic heterocycles. The van der Waals surface area contributed by atoms with Crippen LogP contribution in [-0.4, -0.2) is 31.7 Å². The normalized spacial score (nSPS) is 34.4. The largest absolute Gasteiger partial charge is 0.393 e. The quantitative estimate of drug-likeness (QED) is 0.678. The first kappa shape index (κ1) is 11.0. The zero-order chi connectivity index (χ0) is 9.84. The van der Waals surface area contributed by atoms with Crippen LogP contribution >= 0.6 is 0 Å². The van der Waals surface area contributed by atoms with Crippen LogP contribution in [0.5, 0.6) is 0 Å². The van der Waals surface area contributed by atoms with E-state index in [1.165, 1.54) is 0 Å². The molecule has 3 nitrogen and oxygen atoms in total. The van der Waals surface area contributed by atoms with E-state index < -0.39 is 0 Å². The third kappa shape index (κ3) is 2.93. The van der Waals surface area contributed by atoms with Crippen LogP contribution in [0.25, 0.3) is 0 Å². The van der Waals surface area contributed by atoms with Crippen LogP contribution in [0, 0.1) is 11.8 Å². The summed E-state index contributed by atoms with van der Waals surface area (Å²) in [5.41, 5.74) is 0. The van der Waals surface area contributed by atoms with Gasteiger partial charge in [0, 0.05) is 20.6 Å². The molecule has 0 heterocycles. The van der Waals surface area contributed by atoms with Crippen LogP contribution in [0.2, 0.25) is 0 Å². The first-order valence-electron chi connectivity index (χ1n) is 4.91. The highest BCUT2D eigenvalue weighted by atomic mass is 16.7. The SMILES string of the molecule is COC(C[C@@H]1C[C@@H](C)C[C@@H]1O)OC. The number of methoxy groups -OCH3 is 2. The lowest BCUT2D eigenvalue weighted by atomic mass is 10.0. The summed E-state index contributed by atoms with van der Waals surface area (Å²) >= 11 is 0. The van der Waals surface area contributed by atoms with Crippen molar-refractivity contribution in [3.8, 4) is 0 Å². The van der Waals surface area contributed by atoms with E-state index in [9.17, 15) is 5.11 Å². The molecule has 1 fully saturated rings. The van der Waals surface area contributed by atoms with Gasteiger partial charge in [-0.1, -0.05) is 6.92 Å². The molecular weight excluding hydrogens is 168 g/mol. The Kier molecular flexibility index (Phi) is 4.16. The highest BCUT2D eigenvalue weighted by Crippen LogP contribution is 2.34. The van der Waals surface area contributed by atoms with Crippen molar-refractivity contribution in [3.05, 3.63) is 0 Å². The number of ether oxygens (including phenoxy) is 2. The Labute approximate surface area is 80.0 Å². The van der Waals surface area contributed by atoms with E-state index in [1.54, 1.807) is 14.2 Å². The number of hydrogen-bond acceptors (Lipinski definition) is 3. The second-order valence-corrected chi connectivity index (χ2v) is 4.04. The maximum atomic E-state index is 9.69. The minimum atomic E-state index is -0.164. The number of aliphatic hydroxyl groups is 1. The number of hydrogen-bond donors (Lipinski definition) is 1. The fraction of sp³-hybridized carbons (Fsp3) is 1.00. The van der Waals surface area contributed by atoms with E-state index in [2.05, 4.69) is 6.92 Å². The smallest absolute Gasteiger partial charge is 0.157 e. The number of aliphatic hydroxyl groups excluding tert-OH is 1. The summed E-state index contributed by atoms with van der Waals surface area (Å²) in [5, 5.41) is 9.69. The molecule has 3 heteroatoms. The van der Waals surface area contributed by atoms with E-state index in [4.69, 9.17) is 9.47 Å². The van der Waals surface area contributed by atoms with Gasteiger partial charge in [0.05, 0.1) is 6.10 Å². The van der Waals surface area contributed by atoms with Gasteiger partial charge in [-0.15, -0.1) is 0 Å². The summed E-state index contributed by atoms with van der Waals surface area (Å²) in [4.78, 5) is 0. The van der Waals surface area contributed by atoms with Crippen molar-refractivity contribution in [2.45, 2.75) is 38.6 Å². The molecule has 0 unspecified atom stereocenters. The molecule has 0 aromatic carbocycles. The lowest BCUT2D eigenvalue weighted by Crippen LogP contribution is -2.22. The Morgan fingerprint density at radius 3 is 2.31 bits per heavy atom. The van der Waals surface area contributed by atoms with Crippen LogP contribution in [0.15, 0.2) is 0 Å². The summed E-state index contributed by atoms with van der Waals surface area (Å²) in [6, 6.07) is 0. The first-order chi connectivity index (χ1) is 6.17. The third-order valence-corrected chi connectivity index (χ3v) is 2.91. The van der Waals surface area contributed by atoms with Gasteiger partial charge in [-0.2, -0.15) is 0 Å². The molecule has 1 saturated carbocycles. The van der Waals surface area contributed by atoms with Gasteiger partial charge >= 0.3 is 0 Å². The fourth-order valence-corrected chi connectivity index (χ4v) is 2.16. The van der Waals surface area contributed by atoms with Gasteiger partial charge in [-0.3, -0.25) is 0 Å². The molecular formula is C10H20O3. The van der Waals surface area contributed by atoms with Crippen molar-refractivity contribution in [2.24, 2.45) is 11.8 Å². The molecule has 3 atom stereocenters. The maximum Gasteiger partial charge on any atom is 0.157 e. The molecule has 0 aromatic heterocycles. The van der Waals surface area contributed by atoms with Gasteiger partial charge < -0.3 is 14.6 Å². The van der Waals surface area contributed by atoms with Crippen molar-refractivity contribution in [2.75, 3.05) is 14.2 Å². The zero-order valence-corrected chi connectivity index (χ0v) is 8.69. The topological polar surface area (TPSA) is 38.7 Å². The molecule has 0 radical (unpaired) electrons. The zero-order valence-electron chi connectivity index (χ0n) is 8.69. The van der Waals surface area contributed by atoms with E-state index >= 15 is 0 Å². The van der Waals surface area contributed by atoms with E-state index in [-0.39, 0.29) is 12.4 Å². The maximum absolute atomic E-state index is 9.69. The molecule has 1 rings (SSSR count). The molecule has 0 spiro atoms. The van der Waals surface area contributed by atoms with Crippen LogP contribution in [0.4, 0.5) is 0 Å². The second kappa shape index (κ2) is 4.94. The average molecular weight is 188 g/mol. The summed E-state index contributed by atoms with van der Waals surface area (Å²) in [7, 11) is 3.28. The monoisotopic (exact) mass is 188 g/mol. The van der Waals surface area contributed by atoms with E-state index in [1.807, 2.05) is 0 Å². The average Bonchev–Trinajstić information content (AvgIpc) is 2.41. The summed E-state index contributed by atoms with van der Waals surface area (Å²) in [6.45, 7) is 2.18. The molecule has 0 amide bonds. The minimum absolute atomic E-state index is 0.162. The lowest BCUT2D eigenvalue weighted by molar-refractivity contribution is -0.119. The van der Waals surface area contributed by atoms with Gasteiger partial charge in [0.15, 0.2) is 6.29 Å². The van der Waals surface area contributed by atoms with Crippen molar-refractivity contribution in [3.63, 3.8) is 0 Å². The van der Waals surface area contributed by atoms with Crippen molar-refractivity contribution in [1.82, 2.24) is 0 Å². The highest BCUT2D eigenvalue weighted by molar-refractivity contribution is 4.81. The standard InChI is InChI=1S/C10H20O3/c1-7-4-8(9(11)5-7)6-10(12-2)13-3/h7-11H,4-6H2,1-3H3/t7-,8+,9+/m1/s1. The fourth-order valence-electron chi connectivity index (χ4n) is 2.16. The molecule has 13 heavy (non-hydrogen) atoms. The summed E-state index contributed by atoms with van der Waals surface area (Å²) in [6.07, 6.45) is 2.49. The van der Waals surface area contributed by atoms with E-state index in [0.29, 0.717) is 11.8 Å². The number of rotatable bonds is 4. The van der Waals surface area contributed by atoms with Crippen molar-refractivity contribution >= 4 is 0 Å². The van der Waals surface area contributed by atoms with Crippen molar-refractivity contribution < 1.29 is 14.6 Å². The molecule has 0 aromatic rings. The van der Waals surface area contributed by atoms with Crippen LogP contribution < -0.4 is 0 Å². The molecule has 78 valence electrons. The predicted molar refractivity (Wildman–Crippen MR) is 50.3 cm³/mol. The molecule has 1 aliphatic rings. The van der Waals surface area contributed by atoms with Gasteiger partial charge in [-0.25, -0.2) is 0 Å². The van der Waals surface area contributed by atoms with E-state index in [0.717, 1.165) is 19.3 Å². The Morgan fingerprint density at radius 1 is 1.31 bits per heavy atom. The minimum Gasteiger partial charge on any atom is -0.393 e.